The zero-order valence-corrected chi connectivity index (χ0v) is 26.1. The lowest BCUT2D eigenvalue weighted by Gasteiger charge is -2.56. The Bertz CT molecular complexity index is 1320. The molecule has 3 unspecified atom stereocenters. The molecule has 9 rings (SSSR count). The van der Waals surface area contributed by atoms with Gasteiger partial charge in [-0.3, -0.25) is 0 Å². The Morgan fingerprint density at radius 2 is 1.56 bits per heavy atom. The Labute approximate surface area is 265 Å². The molecule has 45 heavy (non-hydrogen) atoms. The summed E-state index contributed by atoms with van der Waals surface area (Å²) in [4.78, 5) is 15.8. The number of nitrogens with one attached hydrogen (secondary N) is 2. The van der Waals surface area contributed by atoms with Crippen molar-refractivity contribution in [2.45, 2.75) is 94.2 Å². The number of benzene rings is 2. The molecule has 9 heteroatoms. The Balaban J connectivity index is 0.957. The van der Waals surface area contributed by atoms with Crippen molar-refractivity contribution in [3.05, 3.63) is 65.2 Å². The van der Waals surface area contributed by atoms with E-state index >= 15 is 0 Å². The van der Waals surface area contributed by atoms with E-state index < -0.39 is 12.1 Å². The van der Waals surface area contributed by atoms with Crippen LogP contribution < -0.4 is 10.6 Å². The van der Waals surface area contributed by atoms with Gasteiger partial charge in [0.15, 0.2) is 12.1 Å². The molecule has 3 heterocycles. The summed E-state index contributed by atoms with van der Waals surface area (Å²) in [6.07, 6.45) is 9.10. The molecular formula is C36H47N3O6. The highest BCUT2D eigenvalue weighted by Gasteiger charge is 2.51. The standard InChI is InChI=1S/C36H47N3O6/c40-23-24-4-6-28(7-5-24)32-18-31(22-39-10-8-36(9-11-39)42-12-13-43-36)44-33(45-32)29-2-1-3-30(17-29)37-34(41)38-35-19-25-14-26(20-35)16-27(15-25)21-35/h1-7,17,25-27,31-33,40H,8-16,18-23H2,(H2,37,38,41). The topological polar surface area (TPSA) is 102 Å². The maximum absolute atomic E-state index is 13.3. The van der Waals surface area contributed by atoms with Crippen molar-refractivity contribution in [3.63, 3.8) is 0 Å². The van der Waals surface area contributed by atoms with Gasteiger partial charge in [0, 0.05) is 55.7 Å². The second-order valence-corrected chi connectivity index (χ2v) is 14.7. The van der Waals surface area contributed by atoms with Crippen LogP contribution in [0.2, 0.25) is 0 Å². The average Bonchev–Trinajstić information content (AvgIpc) is 3.49. The van der Waals surface area contributed by atoms with Gasteiger partial charge in [0.1, 0.15) is 0 Å². The molecule has 2 aromatic carbocycles. The number of carbonyl (C=O) groups excluding carboxylic acids is 1. The van der Waals surface area contributed by atoms with Crippen molar-refractivity contribution in [3.8, 4) is 0 Å². The zero-order valence-electron chi connectivity index (χ0n) is 26.1. The third kappa shape index (κ3) is 6.40. The summed E-state index contributed by atoms with van der Waals surface area (Å²) in [5, 5.41) is 16.1. The van der Waals surface area contributed by atoms with E-state index in [0.29, 0.717) is 13.2 Å². The van der Waals surface area contributed by atoms with Crippen LogP contribution >= 0.6 is 0 Å². The average molecular weight is 618 g/mol. The largest absolute Gasteiger partial charge is 0.392 e. The smallest absolute Gasteiger partial charge is 0.319 e. The van der Waals surface area contributed by atoms with Crippen LogP contribution in [0, 0.1) is 17.8 Å². The number of amides is 2. The van der Waals surface area contributed by atoms with Gasteiger partial charge in [-0.05, 0) is 79.5 Å². The fourth-order valence-electron chi connectivity index (χ4n) is 9.61. The van der Waals surface area contributed by atoms with Crippen LogP contribution in [0.15, 0.2) is 48.5 Å². The van der Waals surface area contributed by atoms with Gasteiger partial charge >= 0.3 is 6.03 Å². The molecule has 4 aliphatic carbocycles. The Hall–Kier alpha value is -2.53. The maximum atomic E-state index is 13.3. The van der Waals surface area contributed by atoms with E-state index in [2.05, 4.69) is 15.5 Å². The van der Waals surface area contributed by atoms with E-state index in [-0.39, 0.29) is 30.4 Å². The predicted octanol–water partition coefficient (Wildman–Crippen LogP) is 5.65. The lowest BCUT2D eigenvalue weighted by atomic mass is 9.53. The molecular weight excluding hydrogens is 570 g/mol. The first kappa shape index (κ1) is 29.8. The number of piperidine rings is 1. The van der Waals surface area contributed by atoms with Gasteiger partial charge in [-0.25, -0.2) is 4.79 Å². The predicted molar refractivity (Wildman–Crippen MR) is 168 cm³/mol. The normalized spacial score (nSPS) is 35.5. The van der Waals surface area contributed by atoms with Crippen molar-refractivity contribution in [1.82, 2.24) is 10.2 Å². The van der Waals surface area contributed by atoms with E-state index in [9.17, 15) is 9.90 Å². The first-order chi connectivity index (χ1) is 21.9. The zero-order chi connectivity index (χ0) is 30.4. The van der Waals surface area contributed by atoms with Gasteiger partial charge in [0.25, 0.3) is 0 Å². The number of carbonyl (C=O) groups is 1. The molecule has 2 aromatic rings. The van der Waals surface area contributed by atoms with E-state index in [4.69, 9.17) is 18.9 Å². The number of ether oxygens (including phenoxy) is 4. The summed E-state index contributed by atoms with van der Waals surface area (Å²) < 4.78 is 25.1. The number of nitrogens with zero attached hydrogens (tertiary/aromatic N) is 1. The molecule has 4 bridgehead atoms. The second kappa shape index (κ2) is 12.2. The Morgan fingerprint density at radius 3 is 2.22 bits per heavy atom. The molecule has 9 nitrogen and oxygen atoms in total. The van der Waals surface area contributed by atoms with E-state index in [1.54, 1.807) is 0 Å². The number of anilines is 1. The molecule has 7 aliphatic rings. The van der Waals surface area contributed by atoms with Gasteiger partial charge in [0.05, 0.1) is 32.0 Å². The molecule has 3 atom stereocenters. The van der Waals surface area contributed by atoms with Crippen molar-refractivity contribution in [2.75, 3.05) is 38.2 Å². The Morgan fingerprint density at radius 1 is 0.867 bits per heavy atom. The van der Waals surface area contributed by atoms with Crippen molar-refractivity contribution in [2.24, 2.45) is 17.8 Å². The number of hydrogen-bond acceptors (Lipinski definition) is 7. The fourth-order valence-corrected chi connectivity index (χ4v) is 9.61. The van der Waals surface area contributed by atoms with Crippen LogP contribution in [0.4, 0.5) is 10.5 Å². The van der Waals surface area contributed by atoms with Crippen molar-refractivity contribution in [1.29, 1.82) is 0 Å². The van der Waals surface area contributed by atoms with Crippen LogP contribution in [0.5, 0.6) is 0 Å². The summed E-state index contributed by atoms with van der Waals surface area (Å²) in [6.45, 7) is 3.98. The molecule has 0 radical (unpaired) electrons. The van der Waals surface area contributed by atoms with Gasteiger partial charge in [-0.15, -0.1) is 0 Å². The number of aliphatic hydroxyl groups is 1. The van der Waals surface area contributed by atoms with Crippen LogP contribution in [0.1, 0.15) is 86.9 Å². The molecule has 3 saturated heterocycles. The van der Waals surface area contributed by atoms with Crippen molar-refractivity contribution < 1.29 is 28.8 Å². The molecule has 7 fully saturated rings. The molecule has 3 N–H and O–H groups in total. The SMILES string of the molecule is O=C(Nc1cccc(C2OC(CN3CCC4(CC3)OCCO4)CC(c3ccc(CO)cc3)O2)c1)NC12CC3CC(CC(C3)C1)C2. The van der Waals surface area contributed by atoms with E-state index in [0.717, 1.165) is 98.3 Å². The monoisotopic (exact) mass is 617 g/mol. The number of hydrogen-bond donors (Lipinski definition) is 3. The summed E-state index contributed by atoms with van der Waals surface area (Å²) >= 11 is 0. The molecule has 3 aliphatic heterocycles. The van der Waals surface area contributed by atoms with Crippen LogP contribution in [-0.2, 0) is 25.6 Å². The fraction of sp³-hybridized carbons (Fsp3) is 0.639. The van der Waals surface area contributed by atoms with Crippen molar-refractivity contribution >= 4 is 11.7 Å². The highest BCUT2D eigenvalue weighted by Crippen LogP contribution is 2.55. The summed E-state index contributed by atoms with van der Waals surface area (Å²) in [7, 11) is 0. The summed E-state index contributed by atoms with van der Waals surface area (Å²) in [5.74, 6) is 1.92. The lowest BCUT2D eigenvalue weighted by Crippen LogP contribution is -2.60. The van der Waals surface area contributed by atoms with Crippen LogP contribution in [-0.4, -0.2) is 66.3 Å². The Kier molecular flexibility index (Phi) is 8.12. The highest BCUT2D eigenvalue weighted by atomic mass is 16.7. The number of urea groups is 1. The molecule has 2 amide bonds. The number of rotatable bonds is 7. The molecule has 0 aromatic heterocycles. The number of likely N-dealkylation sites (tertiary alicyclic amines) is 1. The molecule has 4 saturated carbocycles. The molecule has 242 valence electrons. The quantitative estimate of drug-likeness (QED) is 0.369. The minimum atomic E-state index is -0.572. The van der Waals surface area contributed by atoms with Crippen LogP contribution in [0.25, 0.3) is 0 Å². The third-order valence-corrected chi connectivity index (χ3v) is 11.3. The second-order valence-electron chi connectivity index (χ2n) is 14.7. The van der Waals surface area contributed by atoms with E-state index in [1.165, 1.54) is 19.3 Å². The van der Waals surface area contributed by atoms with E-state index in [1.807, 2.05) is 48.5 Å². The number of aliphatic hydroxyl groups excluding tert-OH is 1. The van der Waals surface area contributed by atoms with Gasteiger partial charge in [-0.1, -0.05) is 36.4 Å². The first-order valence-corrected chi connectivity index (χ1v) is 17.1. The maximum Gasteiger partial charge on any atom is 0.319 e. The minimum absolute atomic E-state index is 0.0142. The lowest BCUT2D eigenvalue weighted by molar-refractivity contribution is -0.255. The summed E-state index contributed by atoms with van der Waals surface area (Å²) in [5.41, 5.74) is 3.53. The highest BCUT2D eigenvalue weighted by molar-refractivity contribution is 5.90. The van der Waals surface area contributed by atoms with Gasteiger partial charge in [0.2, 0.25) is 0 Å². The molecule has 1 spiro atoms. The first-order valence-electron chi connectivity index (χ1n) is 17.1. The van der Waals surface area contributed by atoms with Gasteiger partial charge in [-0.2, -0.15) is 0 Å². The third-order valence-electron chi connectivity index (χ3n) is 11.3. The minimum Gasteiger partial charge on any atom is -0.392 e. The summed E-state index contributed by atoms with van der Waals surface area (Å²) in [6, 6.07) is 15.8. The van der Waals surface area contributed by atoms with Gasteiger partial charge < -0.3 is 39.6 Å². The van der Waals surface area contributed by atoms with Crippen LogP contribution in [0.3, 0.4) is 0 Å².